The Morgan fingerprint density at radius 1 is 1.32 bits per heavy atom. The van der Waals surface area contributed by atoms with Crippen molar-refractivity contribution >= 4 is 5.69 Å². The lowest BCUT2D eigenvalue weighted by Crippen LogP contribution is -2.58. The quantitative estimate of drug-likeness (QED) is 0.898. The van der Waals surface area contributed by atoms with Crippen molar-refractivity contribution in [1.29, 1.82) is 0 Å². The average molecular weight is 261 g/mol. The summed E-state index contributed by atoms with van der Waals surface area (Å²) in [6.07, 6.45) is 0. The Morgan fingerprint density at radius 3 is 2.74 bits per heavy atom. The first-order valence-electron chi connectivity index (χ1n) is 7.20. The van der Waals surface area contributed by atoms with Gasteiger partial charge in [0.05, 0.1) is 0 Å². The van der Waals surface area contributed by atoms with Gasteiger partial charge in [-0.2, -0.15) is 0 Å². The van der Waals surface area contributed by atoms with Crippen molar-refractivity contribution < 1.29 is 0 Å². The number of benzene rings is 1. The average Bonchev–Trinajstić information content (AvgIpc) is 2.35. The molecular formula is C16H27N3. The molecule has 19 heavy (non-hydrogen) atoms. The van der Waals surface area contributed by atoms with E-state index in [1.165, 1.54) is 16.8 Å². The van der Waals surface area contributed by atoms with E-state index in [0.717, 1.165) is 19.6 Å². The second kappa shape index (κ2) is 5.93. The fraction of sp³-hybridized carbons (Fsp3) is 0.625. The Morgan fingerprint density at radius 2 is 2.05 bits per heavy atom. The van der Waals surface area contributed by atoms with Gasteiger partial charge in [-0.3, -0.25) is 0 Å². The van der Waals surface area contributed by atoms with Crippen LogP contribution < -0.4 is 10.2 Å². The maximum absolute atomic E-state index is 3.65. The van der Waals surface area contributed by atoms with Crippen molar-refractivity contribution in [2.45, 2.75) is 32.9 Å². The molecule has 3 heteroatoms. The number of likely N-dealkylation sites (N-methyl/N-ethyl adjacent to an activating group) is 1. The van der Waals surface area contributed by atoms with Crippen molar-refractivity contribution in [3.05, 3.63) is 29.3 Å². The first-order chi connectivity index (χ1) is 8.99. The molecule has 0 radical (unpaired) electrons. The highest BCUT2D eigenvalue weighted by atomic mass is 15.3. The Balaban J connectivity index is 2.19. The Kier molecular flexibility index (Phi) is 4.48. The first kappa shape index (κ1) is 14.4. The van der Waals surface area contributed by atoms with Gasteiger partial charge in [0.2, 0.25) is 0 Å². The minimum Gasteiger partial charge on any atom is -0.366 e. The summed E-state index contributed by atoms with van der Waals surface area (Å²) in [7, 11) is 4.28. The van der Waals surface area contributed by atoms with Crippen molar-refractivity contribution in [2.24, 2.45) is 0 Å². The summed E-state index contributed by atoms with van der Waals surface area (Å²) < 4.78 is 0. The molecule has 3 nitrogen and oxygen atoms in total. The molecule has 0 spiro atoms. The molecule has 1 aliphatic rings. The van der Waals surface area contributed by atoms with Crippen LogP contribution >= 0.6 is 0 Å². The Bertz CT molecular complexity index is 428. The molecule has 2 atom stereocenters. The van der Waals surface area contributed by atoms with Gasteiger partial charge < -0.3 is 15.1 Å². The van der Waals surface area contributed by atoms with Gasteiger partial charge in [-0.15, -0.1) is 0 Å². The van der Waals surface area contributed by atoms with Crippen LogP contribution in [0.3, 0.4) is 0 Å². The molecule has 2 unspecified atom stereocenters. The molecule has 0 saturated carbocycles. The third kappa shape index (κ3) is 3.28. The lowest BCUT2D eigenvalue weighted by atomic mass is 10.0. The van der Waals surface area contributed by atoms with Crippen LogP contribution in [-0.4, -0.2) is 50.7 Å². The minimum absolute atomic E-state index is 0.547. The summed E-state index contributed by atoms with van der Waals surface area (Å²) in [5.74, 6) is 0. The van der Waals surface area contributed by atoms with Crippen LogP contribution in [0, 0.1) is 13.8 Å². The summed E-state index contributed by atoms with van der Waals surface area (Å²) in [4.78, 5) is 4.82. The predicted molar refractivity (Wildman–Crippen MR) is 83.1 cm³/mol. The largest absolute Gasteiger partial charge is 0.366 e. The van der Waals surface area contributed by atoms with Gasteiger partial charge >= 0.3 is 0 Å². The van der Waals surface area contributed by atoms with Crippen molar-refractivity contribution in [3.8, 4) is 0 Å². The molecule has 1 aromatic carbocycles. The fourth-order valence-electron chi connectivity index (χ4n) is 2.87. The minimum atomic E-state index is 0.547. The second-order valence-corrected chi connectivity index (χ2v) is 6.09. The topological polar surface area (TPSA) is 18.5 Å². The van der Waals surface area contributed by atoms with Crippen LogP contribution in [0.2, 0.25) is 0 Å². The summed E-state index contributed by atoms with van der Waals surface area (Å²) in [6.45, 7) is 9.98. The Labute approximate surface area is 117 Å². The molecule has 1 aromatic rings. The highest BCUT2D eigenvalue weighted by molar-refractivity contribution is 5.57. The number of nitrogens with zero attached hydrogens (tertiary/aromatic N) is 2. The lowest BCUT2D eigenvalue weighted by Gasteiger charge is -2.42. The monoisotopic (exact) mass is 261 g/mol. The molecule has 0 amide bonds. The fourth-order valence-corrected chi connectivity index (χ4v) is 2.87. The van der Waals surface area contributed by atoms with Crippen LogP contribution in [0.5, 0.6) is 0 Å². The zero-order valence-electron chi connectivity index (χ0n) is 12.9. The summed E-state index contributed by atoms with van der Waals surface area (Å²) in [6, 6.07) is 7.73. The molecule has 1 aliphatic heterocycles. The standard InChI is InChI=1S/C16H27N3/c1-12-7-6-8-16(14(12)3)19-11-15(10-18(4)5)17-9-13(19)2/h6-8,13,15,17H,9-11H2,1-5H3. The molecule has 1 saturated heterocycles. The first-order valence-corrected chi connectivity index (χ1v) is 7.20. The summed E-state index contributed by atoms with van der Waals surface area (Å²) in [5.41, 5.74) is 4.20. The van der Waals surface area contributed by atoms with Gasteiger partial charge in [0.25, 0.3) is 0 Å². The van der Waals surface area contributed by atoms with E-state index in [-0.39, 0.29) is 0 Å². The number of aryl methyl sites for hydroxylation is 1. The summed E-state index contributed by atoms with van der Waals surface area (Å²) >= 11 is 0. The van der Waals surface area contributed by atoms with E-state index in [2.05, 4.69) is 68.2 Å². The van der Waals surface area contributed by atoms with E-state index in [1.54, 1.807) is 0 Å². The maximum atomic E-state index is 3.65. The zero-order valence-corrected chi connectivity index (χ0v) is 12.9. The predicted octanol–water partition coefficient (Wildman–Crippen LogP) is 2.03. The highest BCUT2D eigenvalue weighted by Crippen LogP contribution is 2.26. The van der Waals surface area contributed by atoms with Crippen molar-refractivity contribution in [2.75, 3.05) is 38.6 Å². The third-order valence-electron chi connectivity index (χ3n) is 4.12. The molecular weight excluding hydrogens is 234 g/mol. The lowest BCUT2D eigenvalue weighted by molar-refractivity contribution is 0.306. The molecule has 0 bridgehead atoms. The number of anilines is 1. The molecule has 1 heterocycles. The third-order valence-corrected chi connectivity index (χ3v) is 4.12. The SMILES string of the molecule is Cc1cccc(N2CC(CN(C)C)NCC2C)c1C. The normalized spacial score (nSPS) is 24.0. The van der Waals surface area contributed by atoms with Gasteiger partial charge in [0, 0.05) is 37.4 Å². The van der Waals surface area contributed by atoms with Crippen LogP contribution in [0.4, 0.5) is 5.69 Å². The number of nitrogens with one attached hydrogen (secondary N) is 1. The van der Waals surface area contributed by atoms with E-state index < -0.39 is 0 Å². The van der Waals surface area contributed by atoms with Crippen LogP contribution in [0.1, 0.15) is 18.1 Å². The molecule has 1 N–H and O–H groups in total. The van der Waals surface area contributed by atoms with Crippen LogP contribution in [-0.2, 0) is 0 Å². The van der Waals surface area contributed by atoms with Gasteiger partial charge in [-0.1, -0.05) is 12.1 Å². The molecule has 0 aromatic heterocycles. The van der Waals surface area contributed by atoms with E-state index in [1.807, 2.05) is 0 Å². The number of hydrogen-bond donors (Lipinski definition) is 1. The molecule has 2 rings (SSSR count). The van der Waals surface area contributed by atoms with Gasteiger partial charge in [-0.05, 0) is 52.1 Å². The molecule has 106 valence electrons. The van der Waals surface area contributed by atoms with Crippen LogP contribution in [0.15, 0.2) is 18.2 Å². The Hall–Kier alpha value is -1.06. The summed E-state index contributed by atoms with van der Waals surface area (Å²) in [5, 5.41) is 3.65. The zero-order chi connectivity index (χ0) is 14.0. The van der Waals surface area contributed by atoms with E-state index in [0.29, 0.717) is 12.1 Å². The number of rotatable bonds is 3. The maximum Gasteiger partial charge on any atom is 0.0401 e. The van der Waals surface area contributed by atoms with E-state index in [4.69, 9.17) is 0 Å². The number of hydrogen-bond acceptors (Lipinski definition) is 3. The molecule has 1 fully saturated rings. The number of piperazine rings is 1. The van der Waals surface area contributed by atoms with E-state index in [9.17, 15) is 0 Å². The smallest absolute Gasteiger partial charge is 0.0401 e. The van der Waals surface area contributed by atoms with E-state index >= 15 is 0 Å². The van der Waals surface area contributed by atoms with Gasteiger partial charge in [0.15, 0.2) is 0 Å². The van der Waals surface area contributed by atoms with Gasteiger partial charge in [0.1, 0.15) is 0 Å². The second-order valence-electron chi connectivity index (χ2n) is 6.09. The highest BCUT2D eigenvalue weighted by Gasteiger charge is 2.26. The van der Waals surface area contributed by atoms with Gasteiger partial charge in [-0.25, -0.2) is 0 Å². The van der Waals surface area contributed by atoms with Crippen molar-refractivity contribution in [3.63, 3.8) is 0 Å². The van der Waals surface area contributed by atoms with Crippen molar-refractivity contribution in [1.82, 2.24) is 10.2 Å². The molecule has 0 aliphatic carbocycles. The van der Waals surface area contributed by atoms with Crippen LogP contribution in [0.25, 0.3) is 0 Å².